The zero-order valence-electron chi connectivity index (χ0n) is 18.5. The van der Waals surface area contributed by atoms with Crippen molar-refractivity contribution in [2.75, 3.05) is 31.8 Å². The number of benzene rings is 2. The van der Waals surface area contributed by atoms with E-state index in [1.165, 1.54) is 29.2 Å². The third-order valence-electron chi connectivity index (χ3n) is 5.53. The van der Waals surface area contributed by atoms with Gasteiger partial charge in [0.05, 0.1) is 7.11 Å². The number of hydrogen-bond acceptors (Lipinski definition) is 6. The molecule has 1 aliphatic rings. The number of piperidine rings is 1. The van der Waals surface area contributed by atoms with Gasteiger partial charge >= 0.3 is 0 Å². The number of methoxy groups -OCH3 is 1. The molecule has 0 radical (unpaired) electrons. The van der Waals surface area contributed by atoms with Crippen molar-refractivity contribution in [3.8, 4) is 11.4 Å². The maximum absolute atomic E-state index is 13.2. The van der Waals surface area contributed by atoms with Crippen LogP contribution in [-0.4, -0.2) is 54.6 Å². The number of imidazole rings is 1. The lowest BCUT2D eigenvalue weighted by Gasteiger charge is -2.26. The molecular weight excluding hydrogens is 460 g/mol. The molecule has 10 heteroatoms. The van der Waals surface area contributed by atoms with Crippen molar-refractivity contribution in [3.63, 3.8) is 0 Å². The van der Waals surface area contributed by atoms with E-state index in [0.717, 1.165) is 30.1 Å². The third kappa shape index (κ3) is 4.92. The Balaban J connectivity index is 1.60. The highest BCUT2D eigenvalue weighted by Crippen LogP contribution is 2.31. The fourth-order valence-electron chi connectivity index (χ4n) is 3.84. The summed E-state index contributed by atoms with van der Waals surface area (Å²) in [5.74, 6) is -0.0839. The zero-order valence-corrected chi connectivity index (χ0v) is 20.2. The van der Waals surface area contributed by atoms with Crippen molar-refractivity contribution < 1.29 is 17.9 Å². The number of amides is 1. The molecule has 0 unspecified atom stereocenters. The summed E-state index contributed by atoms with van der Waals surface area (Å²) in [5.41, 5.74) is 1.64. The van der Waals surface area contributed by atoms with Gasteiger partial charge in [-0.05, 0) is 55.5 Å². The van der Waals surface area contributed by atoms with Crippen molar-refractivity contribution in [3.05, 3.63) is 60.4 Å². The lowest BCUT2D eigenvalue weighted by molar-refractivity contribution is 0.102. The maximum atomic E-state index is 13.2. The van der Waals surface area contributed by atoms with Crippen LogP contribution in [0.2, 0.25) is 0 Å². The number of thioether (sulfide) groups is 1. The van der Waals surface area contributed by atoms with Crippen molar-refractivity contribution >= 4 is 33.4 Å². The van der Waals surface area contributed by atoms with Crippen LogP contribution in [0.5, 0.6) is 5.75 Å². The van der Waals surface area contributed by atoms with Gasteiger partial charge in [-0.1, -0.05) is 24.2 Å². The van der Waals surface area contributed by atoms with Crippen LogP contribution in [0.15, 0.2) is 64.9 Å². The fourth-order valence-corrected chi connectivity index (χ4v) is 6.07. The normalized spacial score (nSPS) is 14.7. The van der Waals surface area contributed by atoms with Gasteiger partial charge < -0.3 is 10.1 Å². The molecule has 1 N–H and O–H groups in total. The average Bonchev–Trinajstić information content (AvgIpc) is 3.33. The molecule has 1 aromatic heterocycles. The van der Waals surface area contributed by atoms with E-state index in [1.54, 1.807) is 36.5 Å². The Labute approximate surface area is 198 Å². The van der Waals surface area contributed by atoms with E-state index >= 15 is 0 Å². The van der Waals surface area contributed by atoms with Gasteiger partial charge in [0.1, 0.15) is 10.6 Å². The second kappa shape index (κ2) is 9.98. The molecule has 0 atom stereocenters. The Morgan fingerprint density at radius 1 is 1.12 bits per heavy atom. The van der Waals surface area contributed by atoms with E-state index in [0.29, 0.717) is 24.3 Å². The number of hydrogen-bond donors (Lipinski definition) is 1. The first kappa shape index (κ1) is 23.3. The molecular formula is C23H26N4O4S2. The van der Waals surface area contributed by atoms with Gasteiger partial charge in [0.2, 0.25) is 10.0 Å². The molecule has 4 rings (SSSR count). The van der Waals surface area contributed by atoms with Crippen LogP contribution in [0, 0.1) is 0 Å². The molecule has 8 nitrogen and oxygen atoms in total. The maximum Gasteiger partial charge on any atom is 0.255 e. The predicted octanol–water partition coefficient (Wildman–Crippen LogP) is 4.03. The molecule has 2 heterocycles. The average molecular weight is 487 g/mol. The van der Waals surface area contributed by atoms with Gasteiger partial charge in [-0.2, -0.15) is 4.31 Å². The smallest absolute Gasteiger partial charge is 0.255 e. The van der Waals surface area contributed by atoms with Crippen molar-refractivity contribution in [2.45, 2.75) is 29.3 Å². The summed E-state index contributed by atoms with van der Waals surface area (Å²) in [6, 6.07) is 11.8. The van der Waals surface area contributed by atoms with Crippen LogP contribution in [-0.2, 0) is 10.0 Å². The number of carbonyl (C=O) groups excluding carboxylic acids is 1. The van der Waals surface area contributed by atoms with Gasteiger partial charge in [-0.15, -0.1) is 0 Å². The molecule has 0 aliphatic carbocycles. The summed E-state index contributed by atoms with van der Waals surface area (Å²) in [7, 11) is -2.29. The SMILES string of the molecule is COc1ccc(NC(=O)c2cccc(-n3ccnc3SC)c2)cc1S(=O)(=O)N1CCCCC1. The standard InChI is InChI=1S/C23H26N4O4S2/c1-31-20-10-9-18(16-21(20)33(29,30)26-12-4-3-5-13-26)25-22(28)17-7-6-8-19(15-17)27-14-11-24-23(27)32-2/h6-11,14-16H,3-5,12-13H2,1-2H3,(H,25,28). The lowest BCUT2D eigenvalue weighted by Crippen LogP contribution is -2.35. The Morgan fingerprint density at radius 2 is 1.91 bits per heavy atom. The molecule has 33 heavy (non-hydrogen) atoms. The summed E-state index contributed by atoms with van der Waals surface area (Å²) < 4.78 is 35.2. The van der Waals surface area contributed by atoms with E-state index in [4.69, 9.17) is 4.74 Å². The Hall–Kier alpha value is -2.82. The molecule has 174 valence electrons. The number of rotatable bonds is 7. The molecule has 1 fully saturated rings. The number of nitrogens with zero attached hydrogens (tertiary/aromatic N) is 3. The molecule has 1 aliphatic heterocycles. The van der Waals surface area contributed by atoms with Crippen LogP contribution in [0.4, 0.5) is 5.69 Å². The Kier molecular flexibility index (Phi) is 7.06. The third-order valence-corrected chi connectivity index (χ3v) is 8.12. The first-order valence-corrected chi connectivity index (χ1v) is 13.3. The van der Waals surface area contributed by atoms with Crippen molar-refractivity contribution in [1.29, 1.82) is 0 Å². The molecule has 1 amide bonds. The number of nitrogens with one attached hydrogen (secondary N) is 1. The second-order valence-corrected chi connectivity index (χ2v) is 10.3. The predicted molar refractivity (Wildman–Crippen MR) is 129 cm³/mol. The van der Waals surface area contributed by atoms with E-state index in [2.05, 4.69) is 10.3 Å². The van der Waals surface area contributed by atoms with E-state index in [-0.39, 0.29) is 16.6 Å². The van der Waals surface area contributed by atoms with E-state index < -0.39 is 10.0 Å². The van der Waals surface area contributed by atoms with Gasteiger partial charge in [0, 0.05) is 42.4 Å². The summed E-state index contributed by atoms with van der Waals surface area (Å²) >= 11 is 1.51. The number of aromatic nitrogens is 2. The quantitative estimate of drug-likeness (QED) is 0.507. The van der Waals surface area contributed by atoms with Crippen LogP contribution >= 0.6 is 11.8 Å². The van der Waals surface area contributed by atoms with Crippen LogP contribution in [0.1, 0.15) is 29.6 Å². The highest BCUT2D eigenvalue weighted by molar-refractivity contribution is 7.98. The molecule has 3 aromatic rings. The minimum absolute atomic E-state index is 0.0569. The molecule has 0 spiro atoms. The van der Waals surface area contributed by atoms with Gasteiger partial charge in [0.25, 0.3) is 5.91 Å². The van der Waals surface area contributed by atoms with Crippen LogP contribution < -0.4 is 10.1 Å². The number of carbonyl (C=O) groups is 1. The summed E-state index contributed by atoms with van der Waals surface area (Å²) in [6.45, 7) is 0.975. The zero-order chi connectivity index (χ0) is 23.4. The fraction of sp³-hybridized carbons (Fsp3) is 0.304. The first-order chi connectivity index (χ1) is 15.9. The number of ether oxygens (including phenoxy) is 1. The molecule has 1 saturated heterocycles. The first-order valence-electron chi connectivity index (χ1n) is 10.6. The second-order valence-electron chi connectivity index (χ2n) is 7.62. The summed E-state index contributed by atoms with van der Waals surface area (Å²) in [4.78, 5) is 17.3. The number of anilines is 1. The Morgan fingerprint density at radius 3 is 2.64 bits per heavy atom. The van der Waals surface area contributed by atoms with Crippen molar-refractivity contribution in [1.82, 2.24) is 13.9 Å². The van der Waals surface area contributed by atoms with E-state index in [9.17, 15) is 13.2 Å². The van der Waals surface area contributed by atoms with Crippen molar-refractivity contribution in [2.24, 2.45) is 0 Å². The van der Waals surface area contributed by atoms with E-state index in [1.807, 2.05) is 23.1 Å². The number of sulfonamides is 1. The molecule has 0 saturated carbocycles. The van der Waals surface area contributed by atoms with Crippen LogP contribution in [0.25, 0.3) is 5.69 Å². The van der Waals surface area contributed by atoms with Gasteiger partial charge in [-0.25, -0.2) is 13.4 Å². The topological polar surface area (TPSA) is 93.5 Å². The summed E-state index contributed by atoms with van der Waals surface area (Å²) in [6.07, 6.45) is 8.18. The van der Waals surface area contributed by atoms with Gasteiger partial charge in [0.15, 0.2) is 5.16 Å². The molecule has 2 aromatic carbocycles. The molecule has 0 bridgehead atoms. The van der Waals surface area contributed by atoms with Crippen LogP contribution in [0.3, 0.4) is 0 Å². The lowest BCUT2D eigenvalue weighted by atomic mass is 10.2. The summed E-state index contributed by atoms with van der Waals surface area (Å²) in [5, 5.41) is 3.63. The highest BCUT2D eigenvalue weighted by Gasteiger charge is 2.29. The monoisotopic (exact) mass is 486 g/mol. The van der Waals surface area contributed by atoms with Gasteiger partial charge in [-0.3, -0.25) is 9.36 Å². The Bertz CT molecular complexity index is 1250. The highest BCUT2D eigenvalue weighted by atomic mass is 32.2. The largest absolute Gasteiger partial charge is 0.495 e. The minimum atomic E-state index is -3.73. The minimum Gasteiger partial charge on any atom is -0.495 e.